The predicted octanol–water partition coefficient (Wildman–Crippen LogP) is 0.781. The summed E-state index contributed by atoms with van der Waals surface area (Å²) in [6, 6.07) is 0.310. The first-order valence-electron chi connectivity index (χ1n) is 3.57. The van der Waals surface area contributed by atoms with Gasteiger partial charge in [0.05, 0.1) is 0 Å². The van der Waals surface area contributed by atoms with Gasteiger partial charge in [-0.15, -0.1) is 0 Å². The molecule has 0 heterocycles. The number of nitrogens with two attached hydrogens (primary N) is 2. The molecule has 10 heavy (non-hydrogen) atoms. The van der Waals surface area contributed by atoms with Gasteiger partial charge in [0.2, 0.25) is 0 Å². The predicted molar refractivity (Wildman–Crippen MR) is 43.7 cm³/mol. The van der Waals surface area contributed by atoms with Crippen LogP contribution in [0.5, 0.6) is 0 Å². The van der Waals surface area contributed by atoms with E-state index in [9.17, 15) is 0 Å². The van der Waals surface area contributed by atoms with Crippen LogP contribution in [-0.2, 0) is 0 Å². The average Bonchev–Trinajstić information content (AvgIpc) is 1.87. The van der Waals surface area contributed by atoms with E-state index in [0.717, 1.165) is 12.1 Å². The maximum absolute atomic E-state index is 5.57. The van der Waals surface area contributed by atoms with E-state index >= 15 is 0 Å². The molecule has 0 aromatic carbocycles. The summed E-state index contributed by atoms with van der Waals surface area (Å²) in [5.41, 5.74) is 6.37. The fourth-order valence-corrected chi connectivity index (χ4v) is 0.432. The van der Waals surface area contributed by atoms with Crippen LogP contribution >= 0.6 is 0 Å². The Morgan fingerprint density at radius 2 is 2.10 bits per heavy atom. The molecule has 0 aliphatic carbocycles. The molecular weight excluding hydrogens is 126 g/mol. The monoisotopic (exact) mass is 143 g/mol. The molecule has 60 valence electrons. The highest BCUT2D eigenvalue weighted by molar-refractivity contribution is 4.93. The van der Waals surface area contributed by atoms with Crippen molar-refractivity contribution >= 4 is 0 Å². The summed E-state index contributed by atoms with van der Waals surface area (Å²) in [6.07, 6.45) is 2.62. The Balaban J connectivity index is 3.86. The summed E-state index contributed by atoms with van der Waals surface area (Å²) >= 11 is 0. The molecule has 0 rings (SSSR count). The van der Waals surface area contributed by atoms with Crippen molar-refractivity contribution in [3.63, 3.8) is 0 Å². The summed E-state index contributed by atoms with van der Waals surface area (Å²) in [7, 11) is 0. The minimum absolute atomic E-state index is 0.310. The molecule has 0 bridgehead atoms. The van der Waals surface area contributed by atoms with Crippen LogP contribution in [0.15, 0.2) is 11.9 Å². The lowest BCUT2D eigenvalue weighted by molar-refractivity contribution is 0.319. The first kappa shape index (κ1) is 9.30. The molecule has 0 saturated carbocycles. The van der Waals surface area contributed by atoms with Crippen molar-refractivity contribution < 1.29 is 0 Å². The molecule has 0 unspecified atom stereocenters. The molecule has 3 heteroatoms. The van der Waals surface area contributed by atoms with Gasteiger partial charge in [0, 0.05) is 17.9 Å². The van der Waals surface area contributed by atoms with Gasteiger partial charge < -0.3 is 10.7 Å². The van der Waals surface area contributed by atoms with Gasteiger partial charge >= 0.3 is 0 Å². The highest BCUT2D eigenvalue weighted by atomic mass is 15.4. The Labute approximate surface area is 62.6 Å². The molecule has 0 saturated heterocycles. The first-order valence-corrected chi connectivity index (χ1v) is 3.57. The maximum atomic E-state index is 5.57. The van der Waals surface area contributed by atoms with Crippen LogP contribution < -0.4 is 11.6 Å². The van der Waals surface area contributed by atoms with Gasteiger partial charge in [-0.1, -0.05) is 6.92 Å². The van der Waals surface area contributed by atoms with E-state index in [1.807, 2.05) is 20.8 Å². The van der Waals surface area contributed by atoms with Crippen LogP contribution in [0.1, 0.15) is 27.2 Å². The van der Waals surface area contributed by atoms with E-state index in [4.69, 9.17) is 11.6 Å². The summed E-state index contributed by atoms with van der Waals surface area (Å²) in [6.45, 7) is 6.03. The van der Waals surface area contributed by atoms with Crippen molar-refractivity contribution in [3.8, 4) is 0 Å². The minimum atomic E-state index is 0.310. The average molecular weight is 143 g/mol. The zero-order chi connectivity index (χ0) is 8.15. The second-order valence-electron chi connectivity index (χ2n) is 2.60. The van der Waals surface area contributed by atoms with Gasteiger partial charge in [0.1, 0.15) is 0 Å². The molecule has 0 spiro atoms. The van der Waals surface area contributed by atoms with Crippen molar-refractivity contribution in [1.29, 1.82) is 0 Å². The van der Waals surface area contributed by atoms with Crippen LogP contribution in [0.25, 0.3) is 0 Å². The molecule has 0 aliphatic rings. The molecule has 0 aromatic rings. The second-order valence-corrected chi connectivity index (χ2v) is 2.60. The Bertz CT molecular complexity index is 118. The molecule has 0 amide bonds. The summed E-state index contributed by atoms with van der Waals surface area (Å²) in [4.78, 5) is 0. The smallest absolute Gasteiger partial charge is 0.0390 e. The van der Waals surface area contributed by atoms with Crippen LogP contribution in [0.2, 0.25) is 0 Å². The van der Waals surface area contributed by atoms with Gasteiger partial charge in [-0.25, -0.2) is 5.84 Å². The van der Waals surface area contributed by atoms with Crippen LogP contribution in [0, 0.1) is 0 Å². The topological polar surface area (TPSA) is 55.3 Å². The third kappa shape index (κ3) is 3.35. The lowest BCUT2D eigenvalue weighted by Crippen LogP contribution is -2.33. The number of nitrogens with zero attached hydrogens (tertiary/aromatic N) is 1. The van der Waals surface area contributed by atoms with Crippen molar-refractivity contribution in [2.24, 2.45) is 11.6 Å². The Morgan fingerprint density at radius 3 is 2.40 bits per heavy atom. The summed E-state index contributed by atoms with van der Waals surface area (Å²) in [5, 5.41) is 1.61. The Hall–Kier alpha value is -0.700. The zero-order valence-corrected chi connectivity index (χ0v) is 6.96. The van der Waals surface area contributed by atoms with Crippen LogP contribution in [0.4, 0.5) is 0 Å². The van der Waals surface area contributed by atoms with Gasteiger partial charge in [0.25, 0.3) is 0 Å². The van der Waals surface area contributed by atoms with E-state index in [-0.39, 0.29) is 0 Å². The fraction of sp³-hybridized carbons (Fsp3) is 0.714. The Morgan fingerprint density at radius 1 is 1.60 bits per heavy atom. The van der Waals surface area contributed by atoms with Crippen LogP contribution in [-0.4, -0.2) is 11.1 Å². The number of hydrogen-bond donors (Lipinski definition) is 2. The SMILES string of the molecule is CC/C(N)=C/N(N)C(C)C. The Kier molecular flexibility index (Phi) is 3.88. The fourth-order valence-electron chi connectivity index (χ4n) is 0.432. The van der Waals surface area contributed by atoms with E-state index in [0.29, 0.717) is 6.04 Å². The largest absolute Gasteiger partial charge is 0.401 e. The molecule has 4 N–H and O–H groups in total. The van der Waals surface area contributed by atoms with Crippen molar-refractivity contribution in [2.75, 3.05) is 0 Å². The van der Waals surface area contributed by atoms with Gasteiger partial charge in [0.15, 0.2) is 0 Å². The van der Waals surface area contributed by atoms with Crippen molar-refractivity contribution in [2.45, 2.75) is 33.2 Å². The number of hydrazine groups is 1. The highest BCUT2D eigenvalue weighted by Crippen LogP contribution is 1.95. The normalized spacial score (nSPS) is 12.3. The van der Waals surface area contributed by atoms with Crippen molar-refractivity contribution in [3.05, 3.63) is 11.9 Å². The lowest BCUT2D eigenvalue weighted by Gasteiger charge is -2.18. The third-order valence-corrected chi connectivity index (χ3v) is 1.32. The molecule has 0 aliphatic heterocycles. The van der Waals surface area contributed by atoms with E-state index < -0.39 is 0 Å². The maximum Gasteiger partial charge on any atom is 0.0390 e. The number of hydrogen-bond acceptors (Lipinski definition) is 3. The molecule has 3 nitrogen and oxygen atoms in total. The second kappa shape index (κ2) is 4.17. The summed E-state index contributed by atoms with van der Waals surface area (Å²) in [5.74, 6) is 5.57. The standard InChI is InChI=1S/C7H17N3/c1-4-7(8)5-10(9)6(2)3/h5-6H,4,8-9H2,1-3H3/b7-5-. The van der Waals surface area contributed by atoms with Crippen LogP contribution in [0.3, 0.4) is 0 Å². The summed E-state index contributed by atoms with van der Waals surface area (Å²) < 4.78 is 0. The molecule has 0 aromatic heterocycles. The van der Waals surface area contributed by atoms with E-state index in [2.05, 4.69) is 0 Å². The molecule has 0 atom stereocenters. The first-order chi connectivity index (χ1) is 4.57. The molecule has 0 radical (unpaired) electrons. The third-order valence-electron chi connectivity index (χ3n) is 1.32. The van der Waals surface area contributed by atoms with E-state index in [1.54, 1.807) is 11.2 Å². The highest BCUT2D eigenvalue weighted by Gasteiger charge is 1.97. The van der Waals surface area contributed by atoms with Gasteiger partial charge in [-0.3, -0.25) is 0 Å². The van der Waals surface area contributed by atoms with Gasteiger partial charge in [-0.2, -0.15) is 0 Å². The minimum Gasteiger partial charge on any atom is -0.401 e. The number of rotatable bonds is 3. The number of allylic oxidation sites excluding steroid dienone is 1. The van der Waals surface area contributed by atoms with Crippen molar-refractivity contribution in [1.82, 2.24) is 5.01 Å². The quantitative estimate of drug-likeness (QED) is 0.453. The van der Waals surface area contributed by atoms with E-state index in [1.165, 1.54) is 0 Å². The lowest BCUT2D eigenvalue weighted by atomic mass is 10.3. The molecular formula is C7H17N3. The zero-order valence-electron chi connectivity index (χ0n) is 6.96. The van der Waals surface area contributed by atoms with Gasteiger partial charge in [-0.05, 0) is 20.3 Å². The molecule has 0 fully saturated rings.